The van der Waals surface area contributed by atoms with Crippen molar-refractivity contribution in [1.82, 2.24) is 20.6 Å². The lowest BCUT2D eigenvalue weighted by atomic mass is 10.0. The van der Waals surface area contributed by atoms with Crippen molar-refractivity contribution < 1.29 is 18.3 Å². The number of aromatic nitrogens is 2. The van der Waals surface area contributed by atoms with Gasteiger partial charge < -0.3 is 24.7 Å². The van der Waals surface area contributed by atoms with Crippen LogP contribution in [-0.2, 0) is 0 Å². The second kappa shape index (κ2) is 11.5. The predicted molar refractivity (Wildman–Crippen MR) is 151 cm³/mol. The maximum Gasteiger partial charge on any atom is 0.270 e. The molecule has 1 aromatic carbocycles. The Morgan fingerprint density at radius 3 is 2.90 bits per heavy atom. The molecule has 9 nitrogen and oxygen atoms in total. The Kier molecular flexibility index (Phi) is 7.64. The van der Waals surface area contributed by atoms with Crippen molar-refractivity contribution >= 4 is 22.7 Å². The molecule has 4 aromatic rings. The zero-order chi connectivity index (χ0) is 28.2. The maximum atomic E-state index is 13.8. The van der Waals surface area contributed by atoms with E-state index in [1.165, 1.54) is 13.3 Å². The van der Waals surface area contributed by atoms with Crippen molar-refractivity contribution in [2.75, 3.05) is 31.6 Å². The largest absolute Gasteiger partial charge is 0.496 e. The highest BCUT2D eigenvalue weighted by atomic mass is 19.1. The number of nitrogens with one attached hydrogen (secondary N) is 2. The Morgan fingerprint density at radius 2 is 2.17 bits per heavy atom. The number of pyridine rings is 2. The number of methoxy groups -OCH3 is 1. The number of fused-ring (bicyclic) bond motifs is 1. The summed E-state index contributed by atoms with van der Waals surface area (Å²) in [4.78, 5) is 23.4. The van der Waals surface area contributed by atoms with E-state index >= 15 is 0 Å². The molecule has 0 spiro atoms. The van der Waals surface area contributed by atoms with Gasteiger partial charge in [-0.2, -0.15) is 5.26 Å². The minimum absolute atomic E-state index is 0.135. The van der Waals surface area contributed by atoms with E-state index in [1.807, 2.05) is 30.0 Å². The lowest BCUT2D eigenvalue weighted by Crippen LogP contribution is -2.39. The summed E-state index contributed by atoms with van der Waals surface area (Å²) in [6.07, 6.45) is 4.36. The third-order valence-electron chi connectivity index (χ3n) is 6.84. The summed E-state index contributed by atoms with van der Waals surface area (Å²) in [6, 6.07) is 12.8. The summed E-state index contributed by atoms with van der Waals surface area (Å²) in [5.74, 6) is 0.563. The van der Waals surface area contributed by atoms with E-state index in [-0.39, 0.29) is 24.2 Å². The third-order valence-corrected chi connectivity index (χ3v) is 6.84. The summed E-state index contributed by atoms with van der Waals surface area (Å²) < 4.78 is 25.6. The van der Waals surface area contributed by atoms with Gasteiger partial charge in [-0.05, 0) is 43.3 Å². The van der Waals surface area contributed by atoms with Gasteiger partial charge in [0.2, 0.25) is 0 Å². The SMILES string of the molecule is C=CNC[C@H](C)NC(=O)c1cc(OC)c(-c2cc3nccc(-c4ccc(N5CC[C@@H](F)C5)c(C#N)c4)c3o2)cn1. The van der Waals surface area contributed by atoms with E-state index in [0.29, 0.717) is 53.2 Å². The van der Waals surface area contributed by atoms with Crippen molar-refractivity contribution in [3.05, 3.63) is 72.8 Å². The van der Waals surface area contributed by atoms with Crippen LogP contribution in [0.1, 0.15) is 29.4 Å². The number of nitrogens with zero attached hydrogens (tertiary/aromatic N) is 4. The summed E-state index contributed by atoms with van der Waals surface area (Å²) in [7, 11) is 1.51. The van der Waals surface area contributed by atoms with E-state index in [2.05, 4.69) is 33.2 Å². The number of amides is 1. The van der Waals surface area contributed by atoms with Crippen LogP contribution in [0.4, 0.5) is 10.1 Å². The number of alkyl halides is 1. The first kappa shape index (κ1) is 26.7. The molecule has 1 saturated heterocycles. The Balaban J connectivity index is 1.46. The molecule has 1 amide bonds. The molecule has 0 radical (unpaired) electrons. The van der Waals surface area contributed by atoms with E-state index in [4.69, 9.17) is 9.15 Å². The van der Waals surface area contributed by atoms with Crippen LogP contribution in [0.3, 0.4) is 0 Å². The van der Waals surface area contributed by atoms with Gasteiger partial charge in [-0.25, -0.2) is 4.39 Å². The summed E-state index contributed by atoms with van der Waals surface area (Å²) in [6.45, 7) is 6.88. The molecule has 3 aromatic heterocycles. The molecule has 40 heavy (non-hydrogen) atoms. The van der Waals surface area contributed by atoms with Gasteiger partial charge in [-0.3, -0.25) is 14.8 Å². The van der Waals surface area contributed by atoms with Crippen molar-refractivity contribution in [3.8, 4) is 34.3 Å². The van der Waals surface area contributed by atoms with Crippen molar-refractivity contribution in [2.45, 2.75) is 25.6 Å². The number of ether oxygens (including phenoxy) is 1. The second-order valence-electron chi connectivity index (χ2n) is 9.62. The van der Waals surface area contributed by atoms with Gasteiger partial charge in [0.1, 0.15) is 35.0 Å². The minimum Gasteiger partial charge on any atom is -0.496 e. The fraction of sp³-hybridized carbons (Fsp3) is 0.267. The fourth-order valence-corrected chi connectivity index (χ4v) is 4.83. The highest BCUT2D eigenvalue weighted by Gasteiger charge is 2.24. The number of furan rings is 1. The molecule has 0 saturated carbocycles. The Morgan fingerprint density at radius 1 is 1.32 bits per heavy atom. The molecule has 1 aliphatic heterocycles. The molecule has 10 heteroatoms. The Hall–Kier alpha value is -4.91. The minimum atomic E-state index is -0.884. The first-order chi connectivity index (χ1) is 19.4. The van der Waals surface area contributed by atoms with Gasteiger partial charge in [-0.15, -0.1) is 0 Å². The molecule has 2 N–H and O–H groups in total. The van der Waals surface area contributed by atoms with Crippen LogP contribution >= 0.6 is 0 Å². The van der Waals surface area contributed by atoms with Gasteiger partial charge in [0.05, 0.1) is 23.9 Å². The van der Waals surface area contributed by atoms with Crippen molar-refractivity contribution in [1.29, 1.82) is 5.26 Å². The van der Waals surface area contributed by atoms with Gasteiger partial charge in [0.15, 0.2) is 5.58 Å². The Bertz CT molecular complexity index is 1610. The zero-order valence-corrected chi connectivity index (χ0v) is 22.3. The number of carbonyl (C=O) groups is 1. The van der Waals surface area contributed by atoms with Crippen LogP contribution in [-0.4, -0.2) is 54.8 Å². The van der Waals surface area contributed by atoms with Crippen molar-refractivity contribution in [2.24, 2.45) is 0 Å². The number of halogens is 1. The lowest BCUT2D eigenvalue weighted by Gasteiger charge is -2.19. The monoisotopic (exact) mass is 540 g/mol. The first-order valence-electron chi connectivity index (χ1n) is 12.9. The maximum absolute atomic E-state index is 13.8. The molecule has 5 rings (SSSR count). The van der Waals surface area contributed by atoms with E-state index in [1.54, 1.807) is 30.6 Å². The highest BCUT2D eigenvalue weighted by Crippen LogP contribution is 2.38. The molecule has 0 aliphatic carbocycles. The predicted octanol–water partition coefficient (Wildman–Crippen LogP) is 4.84. The molecule has 2 atom stereocenters. The molecule has 1 aliphatic rings. The van der Waals surface area contributed by atoms with E-state index in [0.717, 1.165) is 16.8 Å². The molecular formula is C30H29FN6O3. The van der Waals surface area contributed by atoms with Crippen LogP contribution < -0.4 is 20.3 Å². The molecule has 0 unspecified atom stereocenters. The number of hydrogen-bond acceptors (Lipinski definition) is 8. The smallest absolute Gasteiger partial charge is 0.270 e. The topological polar surface area (TPSA) is 116 Å². The van der Waals surface area contributed by atoms with Crippen molar-refractivity contribution in [3.63, 3.8) is 0 Å². The average molecular weight is 541 g/mol. The number of hydrogen-bond donors (Lipinski definition) is 2. The molecule has 0 bridgehead atoms. The Labute approximate surface area is 231 Å². The van der Waals surface area contributed by atoms with Gasteiger partial charge >= 0.3 is 0 Å². The number of benzene rings is 1. The summed E-state index contributed by atoms with van der Waals surface area (Å²) in [5, 5.41) is 15.7. The number of anilines is 1. The van der Waals surface area contributed by atoms with Crippen LogP contribution in [0.2, 0.25) is 0 Å². The van der Waals surface area contributed by atoms with Crippen LogP contribution in [0, 0.1) is 11.3 Å². The third kappa shape index (κ3) is 5.31. The van der Waals surface area contributed by atoms with E-state index in [9.17, 15) is 14.4 Å². The number of nitriles is 1. The molecule has 204 valence electrons. The first-order valence-corrected chi connectivity index (χ1v) is 12.9. The van der Waals surface area contributed by atoms with Crippen LogP contribution in [0.5, 0.6) is 5.75 Å². The van der Waals surface area contributed by atoms with Crippen LogP contribution in [0.25, 0.3) is 33.6 Å². The standard InChI is InChI=1S/C30H29FN6O3/c1-4-33-15-18(2)36-30(38)25-13-27(39-3)23(16-35-25)28-12-24-29(40-28)22(7-9-34-24)19-5-6-26(20(11-19)14-32)37-10-8-21(31)17-37/h4-7,9,11-13,16,18,21,33H,1,8,10,15,17H2,2-3H3,(H,36,38)/t18-,21+/m0/s1. The molecule has 1 fully saturated rings. The average Bonchev–Trinajstić information content (AvgIpc) is 3.61. The van der Waals surface area contributed by atoms with Gasteiger partial charge in [0.25, 0.3) is 5.91 Å². The van der Waals surface area contributed by atoms with Gasteiger partial charge in [-0.1, -0.05) is 12.6 Å². The zero-order valence-electron chi connectivity index (χ0n) is 22.3. The normalized spacial score (nSPS) is 15.4. The summed E-state index contributed by atoms with van der Waals surface area (Å²) in [5.41, 5.74) is 4.65. The lowest BCUT2D eigenvalue weighted by molar-refractivity contribution is 0.0935. The second-order valence-corrected chi connectivity index (χ2v) is 9.62. The number of carbonyl (C=O) groups excluding carboxylic acids is 1. The molecular weight excluding hydrogens is 511 g/mol. The fourth-order valence-electron chi connectivity index (χ4n) is 4.83. The van der Waals surface area contributed by atoms with Gasteiger partial charge in [0, 0.05) is 55.8 Å². The van der Waals surface area contributed by atoms with Crippen LogP contribution in [0.15, 0.2) is 66.0 Å². The molecule has 4 heterocycles. The highest BCUT2D eigenvalue weighted by molar-refractivity contribution is 5.95. The summed E-state index contributed by atoms with van der Waals surface area (Å²) >= 11 is 0. The van der Waals surface area contributed by atoms with E-state index < -0.39 is 6.17 Å². The quantitative estimate of drug-likeness (QED) is 0.310. The number of rotatable bonds is 9.